The summed E-state index contributed by atoms with van der Waals surface area (Å²) < 4.78 is 5.60. The Morgan fingerprint density at radius 1 is 1.11 bits per heavy atom. The second-order valence-electron chi connectivity index (χ2n) is 4.21. The lowest BCUT2D eigenvalue weighted by Gasteiger charge is -2.13. The predicted octanol–water partition coefficient (Wildman–Crippen LogP) is 3.76. The third kappa shape index (κ3) is 2.60. The first-order chi connectivity index (χ1) is 9.15. The summed E-state index contributed by atoms with van der Waals surface area (Å²) >= 11 is 0. The Morgan fingerprint density at radius 2 is 1.79 bits per heavy atom. The summed E-state index contributed by atoms with van der Waals surface area (Å²) in [5, 5.41) is 9.18. The first kappa shape index (κ1) is 13.1. The van der Waals surface area contributed by atoms with Crippen LogP contribution in [0.2, 0.25) is 0 Å². The van der Waals surface area contributed by atoms with Crippen molar-refractivity contribution < 1.29 is 14.6 Å². The van der Waals surface area contributed by atoms with E-state index in [1.54, 1.807) is 12.1 Å². The zero-order valence-electron chi connectivity index (χ0n) is 11.0. The Labute approximate surface area is 112 Å². The largest absolute Gasteiger partial charge is 0.493 e. The van der Waals surface area contributed by atoms with E-state index in [0.29, 0.717) is 12.2 Å². The van der Waals surface area contributed by atoms with Crippen LogP contribution in [0.5, 0.6) is 5.75 Å². The number of aromatic carboxylic acids is 1. The highest BCUT2D eigenvalue weighted by Gasteiger charge is 2.13. The van der Waals surface area contributed by atoms with Crippen molar-refractivity contribution in [2.45, 2.75) is 13.8 Å². The SMILES string of the molecule is CCOc1ccccc1-c1cccc(C(=O)O)c1C. The lowest BCUT2D eigenvalue weighted by atomic mass is 9.96. The van der Waals surface area contributed by atoms with Gasteiger partial charge in [0.1, 0.15) is 5.75 Å². The molecule has 0 aliphatic carbocycles. The van der Waals surface area contributed by atoms with E-state index in [4.69, 9.17) is 4.74 Å². The van der Waals surface area contributed by atoms with Crippen LogP contribution in [-0.4, -0.2) is 17.7 Å². The monoisotopic (exact) mass is 256 g/mol. The van der Waals surface area contributed by atoms with Crippen molar-refractivity contribution in [3.05, 3.63) is 53.6 Å². The molecule has 19 heavy (non-hydrogen) atoms. The summed E-state index contributed by atoms with van der Waals surface area (Å²) in [6, 6.07) is 13.0. The number of carboxylic acids is 1. The Kier molecular flexibility index (Phi) is 3.85. The fourth-order valence-corrected chi connectivity index (χ4v) is 2.13. The van der Waals surface area contributed by atoms with Crippen LogP contribution in [0.25, 0.3) is 11.1 Å². The quantitative estimate of drug-likeness (QED) is 0.906. The minimum Gasteiger partial charge on any atom is -0.493 e. The molecule has 0 unspecified atom stereocenters. The van der Waals surface area contributed by atoms with Crippen LogP contribution in [-0.2, 0) is 0 Å². The van der Waals surface area contributed by atoms with Crippen LogP contribution in [0.1, 0.15) is 22.8 Å². The summed E-state index contributed by atoms with van der Waals surface area (Å²) in [6.45, 7) is 4.33. The molecule has 3 nitrogen and oxygen atoms in total. The average Bonchev–Trinajstić information content (AvgIpc) is 2.40. The number of rotatable bonds is 4. The molecule has 0 amide bonds. The second kappa shape index (κ2) is 5.57. The summed E-state index contributed by atoms with van der Waals surface area (Å²) in [4.78, 5) is 11.2. The third-order valence-corrected chi connectivity index (χ3v) is 3.04. The molecule has 3 heteroatoms. The Hall–Kier alpha value is -2.29. The number of para-hydroxylation sites is 1. The maximum atomic E-state index is 11.2. The van der Waals surface area contributed by atoms with E-state index in [-0.39, 0.29) is 0 Å². The Morgan fingerprint density at radius 3 is 2.47 bits per heavy atom. The zero-order chi connectivity index (χ0) is 13.8. The molecule has 1 N–H and O–H groups in total. The standard InChI is InChI=1S/C16H16O3/c1-3-19-15-10-5-4-7-14(15)12-8-6-9-13(11(12)2)16(17)18/h4-10H,3H2,1-2H3,(H,17,18). The number of ether oxygens (including phenoxy) is 1. The summed E-state index contributed by atoms with van der Waals surface area (Å²) in [6.07, 6.45) is 0. The van der Waals surface area contributed by atoms with Gasteiger partial charge in [-0.2, -0.15) is 0 Å². The van der Waals surface area contributed by atoms with Gasteiger partial charge in [0.05, 0.1) is 12.2 Å². The van der Waals surface area contributed by atoms with E-state index in [1.165, 1.54) is 0 Å². The summed E-state index contributed by atoms with van der Waals surface area (Å²) in [5.74, 6) is -0.135. The van der Waals surface area contributed by atoms with Crippen LogP contribution in [0.15, 0.2) is 42.5 Å². The van der Waals surface area contributed by atoms with E-state index in [1.807, 2.05) is 44.2 Å². The molecule has 2 rings (SSSR count). The van der Waals surface area contributed by atoms with Crippen molar-refractivity contribution in [1.29, 1.82) is 0 Å². The fourth-order valence-electron chi connectivity index (χ4n) is 2.13. The van der Waals surface area contributed by atoms with Crippen molar-refractivity contribution in [3.8, 4) is 16.9 Å². The molecule has 0 saturated carbocycles. The molecule has 0 aliphatic heterocycles. The Bertz CT molecular complexity index is 603. The van der Waals surface area contributed by atoms with Crippen molar-refractivity contribution in [3.63, 3.8) is 0 Å². The summed E-state index contributed by atoms with van der Waals surface area (Å²) in [5.41, 5.74) is 2.89. The molecule has 2 aromatic carbocycles. The molecule has 0 atom stereocenters. The van der Waals surface area contributed by atoms with Gasteiger partial charge in [-0.15, -0.1) is 0 Å². The topological polar surface area (TPSA) is 46.5 Å². The van der Waals surface area contributed by atoms with Crippen LogP contribution < -0.4 is 4.74 Å². The number of benzene rings is 2. The molecule has 0 fully saturated rings. The van der Waals surface area contributed by atoms with Gasteiger partial charge in [-0.25, -0.2) is 4.79 Å². The van der Waals surface area contributed by atoms with Gasteiger partial charge in [0, 0.05) is 5.56 Å². The predicted molar refractivity (Wildman–Crippen MR) is 74.7 cm³/mol. The zero-order valence-corrected chi connectivity index (χ0v) is 11.0. The highest BCUT2D eigenvalue weighted by Crippen LogP contribution is 2.33. The second-order valence-corrected chi connectivity index (χ2v) is 4.21. The highest BCUT2D eigenvalue weighted by atomic mass is 16.5. The van der Waals surface area contributed by atoms with Crippen molar-refractivity contribution in [1.82, 2.24) is 0 Å². The van der Waals surface area contributed by atoms with Crippen LogP contribution in [0, 0.1) is 6.92 Å². The van der Waals surface area contributed by atoms with Gasteiger partial charge in [-0.3, -0.25) is 0 Å². The number of carbonyl (C=O) groups is 1. The average molecular weight is 256 g/mol. The fraction of sp³-hybridized carbons (Fsp3) is 0.188. The molecule has 0 saturated heterocycles. The first-order valence-electron chi connectivity index (χ1n) is 6.20. The van der Waals surface area contributed by atoms with Crippen molar-refractivity contribution in [2.24, 2.45) is 0 Å². The number of carboxylic acid groups (broad SMARTS) is 1. The van der Waals surface area contributed by atoms with E-state index >= 15 is 0 Å². The molecule has 0 spiro atoms. The van der Waals surface area contributed by atoms with Crippen molar-refractivity contribution >= 4 is 5.97 Å². The molecule has 0 heterocycles. The molecular weight excluding hydrogens is 240 g/mol. The molecule has 0 bridgehead atoms. The lowest BCUT2D eigenvalue weighted by Crippen LogP contribution is -2.01. The minimum atomic E-state index is -0.909. The number of hydrogen-bond acceptors (Lipinski definition) is 2. The highest BCUT2D eigenvalue weighted by molar-refractivity contribution is 5.92. The van der Waals surface area contributed by atoms with Gasteiger partial charge in [-0.05, 0) is 37.1 Å². The van der Waals surface area contributed by atoms with Gasteiger partial charge in [0.25, 0.3) is 0 Å². The van der Waals surface area contributed by atoms with Gasteiger partial charge >= 0.3 is 5.97 Å². The van der Waals surface area contributed by atoms with Crippen LogP contribution >= 0.6 is 0 Å². The van der Waals surface area contributed by atoms with E-state index < -0.39 is 5.97 Å². The molecule has 0 aliphatic rings. The van der Waals surface area contributed by atoms with Gasteiger partial charge in [0.2, 0.25) is 0 Å². The van der Waals surface area contributed by atoms with E-state index in [9.17, 15) is 9.90 Å². The Balaban J connectivity index is 2.59. The summed E-state index contributed by atoms with van der Waals surface area (Å²) in [7, 11) is 0. The maximum Gasteiger partial charge on any atom is 0.335 e. The minimum absolute atomic E-state index is 0.323. The first-order valence-corrected chi connectivity index (χ1v) is 6.20. The molecule has 0 aromatic heterocycles. The number of hydrogen-bond donors (Lipinski definition) is 1. The third-order valence-electron chi connectivity index (χ3n) is 3.04. The molecular formula is C16H16O3. The molecule has 0 radical (unpaired) electrons. The van der Waals surface area contributed by atoms with Gasteiger partial charge < -0.3 is 9.84 Å². The lowest BCUT2D eigenvalue weighted by molar-refractivity contribution is 0.0696. The normalized spacial score (nSPS) is 10.2. The van der Waals surface area contributed by atoms with E-state index in [0.717, 1.165) is 22.4 Å². The maximum absolute atomic E-state index is 11.2. The molecule has 98 valence electrons. The van der Waals surface area contributed by atoms with Gasteiger partial charge in [0.15, 0.2) is 0 Å². The van der Waals surface area contributed by atoms with E-state index in [2.05, 4.69) is 0 Å². The van der Waals surface area contributed by atoms with Gasteiger partial charge in [-0.1, -0.05) is 30.3 Å². The molecule has 2 aromatic rings. The smallest absolute Gasteiger partial charge is 0.335 e. The van der Waals surface area contributed by atoms with Crippen LogP contribution in [0.3, 0.4) is 0 Å². The van der Waals surface area contributed by atoms with Crippen LogP contribution in [0.4, 0.5) is 0 Å². The van der Waals surface area contributed by atoms with Crippen molar-refractivity contribution in [2.75, 3.05) is 6.61 Å².